The van der Waals surface area contributed by atoms with Gasteiger partial charge < -0.3 is 10.1 Å². The van der Waals surface area contributed by atoms with Gasteiger partial charge in [-0.2, -0.15) is 0 Å². The number of benzene rings is 4. The molecule has 1 N–H and O–H groups in total. The third kappa shape index (κ3) is 6.00. The Kier molecular flexibility index (Phi) is 7.73. The number of anilines is 1. The lowest BCUT2D eigenvalue weighted by Gasteiger charge is -2.11. The molecule has 0 fully saturated rings. The van der Waals surface area contributed by atoms with Crippen molar-refractivity contribution in [3.63, 3.8) is 0 Å². The van der Waals surface area contributed by atoms with Crippen molar-refractivity contribution in [3.8, 4) is 5.75 Å². The van der Waals surface area contributed by atoms with Gasteiger partial charge in [-0.15, -0.1) is 0 Å². The van der Waals surface area contributed by atoms with E-state index in [0.717, 1.165) is 18.9 Å². The second kappa shape index (κ2) is 10.7. The van der Waals surface area contributed by atoms with Crippen molar-refractivity contribution < 1.29 is 4.74 Å². The average Bonchev–Trinajstić information content (AvgIpc) is 2.76. The van der Waals surface area contributed by atoms with Crippen LogP contribution in [-0.2, 0) is 0 Å². The summed E-state index contributed by atoms with van der Waals surface area (Å²) in [7, 11) is 0. The number of ether oxygens (including phenoxy) is 1. The van der Waals surface area contributed by atoms with Crippen molar-refractivity contribution in [2.24, 2.45) is 11.8 Å². The normalized spacial score (nSPS) is 10.9. The molecular weight excluding hydrogens is 366 g/mol. The zero-order valence-corrected chi connectivity index (χ0v) is 18.6. The van der Waals surface area contributed by atoms with Gasteiger partial charge in [0.15, 0.2) is 0 Å². The lowest BCUT2D eigenvalue weighted by atomic mass is 10.1. The average molecular weight is 400 g/mol. The van der Waals surface area contributed by atoms with E-state index in [2.05, 4.69) is 99.7 Å². The van der Waals surface area contributed by atoms with E-state index < -0.39 is 0 Å². The van der Waals surface area contributed by atoms with Crippen LogP contribution >= 0.6 is 0 Å². The third-order valence-corrected chi connectivity index (χ3v) is 4.81. The summed E-state index contributed by atoms with van der Waals surface area (Å²) < 4.78 is 5.78. The van der Waals surface area contributed by atoms with Gasteiger partial charge >= 0.3 is 0 Å². The molecule has 0 spiro atoms. The molecule has 0 unspecified atom stereocenters. The minimum absolute atomic E-state index is 0.559. The molecule has 0 atom stereocenters. The molecule has 2 heteroatoms. The molecule has 0 aliphatic rings. The van der Waals surface area contributed by atoms with Crippen LogP contribution in [-0.4, -0.2) is 13.2 Å². The van der Waals surface area contributed by atoms with E-state index in [1.807, 2.05) is 18.2 Å². The Labute approximate surface area is 180 Å². The molecule has 0 amide bonds. The second-order valence-electron chi connectivity index (χ2n) is 8.48. The van der Waals surface area contributed by atoms with E-state index in [1.54, 1.807) is 0 Å². The smallest absolute Gasteiger partial charge is 0.127 e. The summed E-state index contributed by atoms with van der Waals surface area (Å²) in [6.45, 7) is 10.6. The van der Waals surface area contributed by atoms with Gasteiger partial charge in [-0.1, -0.05) is 100 Å². The van der Waals surface area contributed by atoms with Crippen molar-refractivity contribution >= 4 is 27.2 Å². The molecule has 0 aromatic heterocycles. The first-order valence-electron chi connectivity index (χ1n) is 10.9. The van der Waals surface area contributed by atoms with E-state index in [1.165, 1.54) is 27.2 Å². The highest BCUT2D eigenvalue weighted by molar-refractivity contribution is 5.93. The van der Waals surface area contributed by atoms with Crippen molar-refractivity contribution in [2.45, 2.75) is 27.7 Å². The third-order valence-electron chi connectivity index (χ3n) is 4.81. The van der Waals surface area contributed by atoms with Gasteiger partial charge in [-0.25, -0.2) is 0 Å². The van der Waals surface area contributed by atoms with Crippen molar-refractivity contribution in [1.29, 1.82) is 0 Å². The molecule has 0 aliphatic heterocycles. The van der Waals surface area contributed by atoms with Crippen LogP contribution in [0.5, 0.6) is 5.75 Å². The van der Waals surface area contributed by atoms with E-state index in [-0.39, 0.29) is 0 Å². The molecule has 0 heterocycles. The maximum Gasteiger partial charge on any atom is 0.127 e. The molecule has 30 heavy (non-hydrogen) atoms. The summed E-state index contributed by atoms with van der Waals surface area (Å²) in [5.41, 5.74) is 1.24. The maximum absolute atomic E-state index is 5.78. The predicted octanol–water partition coefficient (Wildman–Crippen LogP) is 7.78. The number of fused-ring (bicyclic) bond motifs is 2. The van der Waals surface area contributed by atoms with E-state index in [9.17, 15) is 0 Å². The van der Waals surface area contributed by atoms with Gasteiger partial charge in [0.2, 0.25) is 0 Å². The Hall–Kier alpha value is -3.00. The van der Waals surface area contributed by atoms with Crippen LogP contribution in [0, 0.1) is 11.8 Å². The standard InChI is InChI=1S/C14H17N.C14H16O/c2*1-11(2)10-15-14-9-5-7-12-6-3-4-8-13(12)14/h3-9,11,15H,10H2,1-2H3;3-9,11H,10H2,1-2H3. The summed E-state index contributed by atoms with van der Waals surface area (Å²) in [4.78, 5) is 0. The fraction of sp³-hybridized carbons (Fsp3) is 0.286. The number of rotatable bonds is 6. The Bertz CT molecular complexity index is 970. The molecule has 0 saturated heterocycles. The van der Waals surface area contributed by atoms with Crippen LogP contribution in [0.2, 0.25) is 0 Å². The molecule has 4 rings (SSSR count). The summed E-state index contributed by atoms with van der Waals surface area (Å²) in [5, 5.41) is 8.52. The van der Waals surface area contributed by atoms with Gasteiger partial charge in [0.1, 0.15) is 5.75 Å². The fourth-order valence-electron chi connectivity index (χ4n) is 3.27. The van der Waals surface area contributed by atoms with Crippen LogP contribution in [0.25, 0.3) is 21.5 Å². The Morgan fingerprint density at radius 3 is 1.87 bits per heavy atom. The SMILES string of the molecule is CC(C)CNc1cccc2ccccc12.CC(C)COc1cccc2ccccc12. The lowest BCUT2D eigenvalue weighted by Crippen LogP contribution is -2.07. The molecule has 4 aromatic carbocycles. The lowest BCUT2D eigenvalue weighted by molar-refractivity contribution is 0.274. The van der Waals surface area contributed by atoms with Crippen molar-refractivity contribution in [2.75, 3.05) is 18.5 Å². The van der Waals surface area contributed by atoms with Crippen molar-refractivity contribution in [1.82, 2.24) is 0 Å². The molecular formula is C28H33NO. The highest BCUT2D eigenvalue weighted by atomic mass is 16.5. The summed E-state index contributed by atoms with van der Waals surface area (Å²) in [6.07, 6.45) is 0. The molecule has 2 nitrogen and oxygen atoms in total. The highest BCUT2D eigenvalue weighted by Crippen LogP contribution is 2.25. The van der Waals surface area contributed by atoms with E-state index in [4.69, 9.17) is 4.74 Å². The molecule has 0 radical (unpaired) electrons. The first kappa shape index (κ1) is 21.7. The van der Waals surface area contributed by atoms with Gasteiger partial charge in [0.05, 0.1) is 6.61 Å². The minimum atomic E-state index is 0.559. The zero-order chi connectivity index (χ0) is 21.3. The Morgan fingerprint density at radius 1 is 0.633 bits per heavy atom. The monoisotopic (exact) mass is 399 g/mol. The fourth-order valence-corrected chi connectivity index (χ4v) is 3.27. The van der Waals surface area contributed by atoms with Crippen LogP contribution < -0.4 is 10.1 Å². The number of nitrogens with one attached hydrogen (secondary N) is 1. The highest BCUT2D eigenvalue weighted by Gasteiger charge is 2.02. The van der Waals surface area contributed by atoms with Crippen LogP contribution in [0.1, 0.15) is 27.7 Å². The molecule has 4 aromatic rings. The molecule has 0 saturated carbocycles. The zero-order valence-electron chi connectivity index (χ0n) is 18.6. The summed E-state index contributed by atoms with van der Waals surface area (Å²) in [6, 6.07) is 29.4. The van der Waals surface area contributed by atoms with Gasteiger partial charge in [-0.3, -0.25) is 0 Å². The summed E-state index contributed by atoms with van der Waals surface area (Å²) in [5.74, 6) is 2.22. The predicted molar refractivity (Wildman–Crippen MR) is 132 cm³/mol. The topological polar surface area (TPSA) is 21.3 Å². The van der Waals surface area contributed by atoms with Crippen LogP contribution in [0.15, 0.2) is 84.9 Å². The summed E-state index contributed by atoms with van der Waals surface area (Å²) >= 11 is 0. The largest absolute Gasteiger partial charge is 0.493 e. The van der Waals surface area contributed by atoms with Gasteiger partial charge in [0.25, 0.3) is 0 Å². The maximum atomic E-state index is 5.78. The van der Waals surface area contributed by atoms with Crippen molar-refractivity contribution in [3.05, 3.63) is 84.9 Å². The number of hydrogen-bond donors (Lipinski definition) is 1. The van der Waals surface area contributed by atoms with Gasteiger partial charge in [-0.05, 0) is 34.7 Å². The molecule has 0 bridgehead atoms. The Balaban J connectivity index is 0.000000171. The van der Waals surface area contributed by atoms with Crippen LogP contribution in [0.3, 0.4) is 0 Å². The minimum Gasteiger partial charge on any atom is -0.493 e. The first-order chi connectivity index (χ1) is 14.5. The second-order valence-corrected chi connectivity index (χ2v) is 8.48. The van der Waals surface area contributed by atoms with Crippen LogP contribution in [0.4, 0.5) is 5.69 Å². The van der Waals surface area contributed by atoms with E-state index >= 15 is 0 Å². The number of hydrogen-bond acceptors (Lipinski definition) is 2. The molecule has 0 aliphatic carbocycles. The first-order valence-corrected chi connectivity index (χ1v) is 10.9. The van der Waals surface area contributed by atoms with E-state index in [0.29, 0.717) is 11.8 Å². The Morgan fingerprint density at radius 2 is 1.20 bits per heavy atom. The van der Waals surface area contributed by atoms with Gasteiger partial charge in [0, 0.05) is 23.0 Å². The quantitative estimate of drug-likeness (QED) is 0.357. The molecule has 156 valence electrons.